The number of carbonyl (C=O) groups is 2. The smallest absolute Gasteiger partial charge is 0.454 e. The van der Waals surface area contributed by atoms with Crippen LogP contribution in [-0.4, -0.2) is 23.1 Å². The summed E-state index contributed by atoms with van der Waals surface area (Å²) < 4.78 is 37.8. The number of rotatable bonds is 3. The van der Waals surface area contributed by atoms with E-state index in [1.54, 1.807) is 18.2 Å². The van der Waals surface area contributed by atoms with Crippen molar-refractivity contribution in [3.63, 3.8) is 0 Å². The largest absolute Gasteiger partial charge is 0.506 e. The molecule has 0 saturated carbocycles. The van der Waals surface area contributed by atoms with E-state index in [1.807, 2.05) is 0 Å². The van der Waals surface area contributed by atoms with Crippen molar-refractivity contribution in [3.8, 4) is 5.75 Å². The summed E-state index contributed by atoms with van der Waals surface area (Å²) in [5.74, 6) is -2.80. The number of nitrogens with zero attached hydrogens (tertiary/aromatic N) is 1. The van der Waals surface area contributed by atoms with Gasteiger partial charge >= 0.3 is 12.2 Å². The summed E-state index contributed by atoms with van der Waals surface area (Å²) in [5.41, 5.74) is 4.68. The van der Waals surface area contributed by atoms with Crippen LogP contribution in [0.25, 0.3) is 0 Å². The van der Waals surface area contributed by atoms with Gasteiger partial charge in [0.15, 0.2) is 0 Å². The summed E-state index contributed by atoms with van der Waals surface area (Å²) in [6.45, 7) is 0. The average Bonchev–Trinajstić information content (AvgIpc) is 2.49. The molecule has 0 radical (unpaired) electrons. The summed E-state index contributed by atoms with van der Waals surface area (Å²) in [6.07, 6.45) is -5.07. The van der Waals surface area contributed by atoms with Crippen LogP contribution in [0.5, 0.6) is 5.75 Å². The van der Waals surface area contributed by atoms with E-state index in [1.165, 1.54) is 6.07 Å². The second-order valence-corrected chi connectivity index (χ2v) is 5.51. The van der Waals surface area contributed by atoms with Gasteiger partial charge in [0.05, 0.1) is 11.4 Å². The number of carbonyl (C=O) groups excluding carboxylic acids is 2. The van der Waals surface area contributed by atoms with Gasteiger partial charge in [-0.05, 0) is 46.3 Å². The van der Waals surface area contributed by atoms with Crippen LogP contribution >= 0.6 is 15.9 Å². The first-order valence-electron chi connectivity index (χ1n) is 6.41. The number of nitrogens with two attached hydrogens (primary N) is 1. The number of primary amides is 1. The highest BCUT2D eigenvalue weighted by atomic mass is 79.9. The lowest BCUT2D eigenvalue weighted by atomic mass is 10.1. The van der Waals surface area contributed by atoms with Gasteiger partial charge in [0, 0.05) is 10.0 Å². The van der Waals surface area contributed by atoms with E-state index in [0.717, 1.165) is 17.0 Å². The van der Waals surface area contributed by atoms with Gasteiger partial charge in [-0.2, -0.15) is 13.2 Å². The normalized spacial score (nSPS) is 11.2. The van der Waals surface area contributed by atoms with E-state index in [0.29, 0.717) is 10.5 Å². The quantitative estimate of drug-likeness (QED) is 0.757. The molecule has 0 spiro atoms. The number of aromatic hydroxyl groups is 1. The number of Topliss-reactive ketones (excluding diaryl/α,β-unsaturated/α-hetero) is 1. The van der Waals surface area contributed by atoms with Crippen molar-refractivity contribution in [1.29, 1.82) is 0 Å². The molecule has 2 aromatic rings. The van der Waals surface area contributed by atoms with Crippen molar-refractivity contribution in [2.75, 3.05) is 4.90 Å². The molecule has 5 nitrogen and oxygen atoms in total. The van der Waals surface area contributed by atoms with Crippen molar-refractivity contribution in [2.24, 2.45) is 5.73 Å². The van der Waals surface area contributed by atoms with Crippen LogP contribution in [-0.2, 0) is 0 Å². The topological polar surface area (TPSA) is 83.6 Å². The Morgan fingerprint density at radius 1 is 1.08 bits per heavy atom. The van der Waals surface area contributed by atoms with E-state index < -0.39 is 29.3 Å². The molecule has 0 bridgehead atoms. The first-order chi connectivity index (χ1) is 11.1. The fourth-order valence-corrected chi connectivity index (χ4v) is 2.48. The lowest BCUT2D eigenvalue weighted by molar-refractivity contribution is -0.0885. The van der Waals surface area contributed by atoms with Crippen LogP contribution in [0.4, 0.5) is 29.3 Å². The number of ketones is 1. The lowest BCUT2D eigenvalue weighted by Crippen LogP contribution is -2.32. The number of hydrogen-bond donors (Lipinski definition) is 2. The Bertz CT molecular complexity index is 809. The molecule has 9 heteroatoms. The average molecular weight is 403 g/mol. The summed E-state index contributed by atoms with van der Waals surface area (Å²) in [5, 5.41) is 9.99. The van der Waals surface area contributed by atoms with Crippen molar-refractivity contribution in [2.45, 2.75) is 6.18 Å². The van der Waals surface area contributed by atoms with Gasteiger partial charge in [0.25, 0.3) is 5.78 Å². The summed E-state index contributed by atoms with van der Waals surface area (Å²) >= 11 is 3.22. The third kappa shape index (κ3) is 3.51. The number of phenols is 1. The van der Waals surface area contributed by atoms with E-state index >= 15 is 0 Å². The third-order valence-electron chi connectivity index (χ3n) is 3.05. The van der Waals surface area contributed by atoms with Gasteiger partial charge < -0.3 is 10.8 Å². The zero-order valence-corrected chi connectivity index (χ0v) is 13.4. The highest BCUT2D eigenvalue weighted by Crippen LogP contribution is 2.37. The van der Waals surface area contributed by atoms with Gasteiger partial charge in [-0.1, -0.05) is 12.1 Å². The third-order valence-corrected chi connectivity index (χ3v) is 3.72. The molecule has 0 aliphatic rings. The van der Waals surface area contributed by atoms with Crippen LogP contribution in [0.3, 0.4) is 0 Å². The Kier molecular flexibility index (Phi) is 4.83. The zero-order valence-electron chi connectivity index (χ0n) is 11.8. The molecule has 0 aromatic heterocycles. The molecule has 24 heavy (non-hydrogen) atoms. The molecular weight excluding hydrogens is 393 g/mol. The van der Waals surface area contributed by atoms with Crippen molar-refractivity contribution in [1.82, 2.24) is 0 Å². The molecule has 3 N–H and O–H groups in total. The molecule has 0 heterocycles. The van der Waals surface area contributed by atoms with Crippen LogP contribution in [0, 0.1) is 0 Å². The maximum absolute atomic E-state index is 12.4. The number of alkyl halides is 3. The number of benzene rings is 2. The van der Waals surface area contributed by atoms with Crippen LogP contribution in [0.2, 0.25) is 0 Å². The second-order valence-electron chi connectivity index (χ2n) is 4.66. The van der Waals surface area contributed by atoms with E-state index in [-0.39, 0.29) is 11.4 Å². The Hall–Kier alpha value is -2.55. The minimum Gasteiger partial charge on any atom is -0.506 e. The molecule has 0 unspecified atom stereocenters. The van der Waals surface area contributed by atoms with E-state index in [2.05, 4.69) is 15.9 Å². The molecule has 0 saturated heterocycles. The SMILES string of the molecule is NC(=O)N(c1ccc(C(=O)C(F)(F)F)cc1O)c1ccccc1Br. The fourth-order valence-electron chi connectivity index (χ4n) is 2.02. The highest BCUT2D eigenvalue weighted by Gasteiger charge is 2.39. The molecule has 0 atom stereocenters. The van der Waals surface area contributed by atoms with Gasteiger partial charge in [0.1, 0.15) is 5.75 Å². The molecule has 2 rings (SSSR count). The number of halogens is 4. The predicted octanol–water partition coefficient (Wildman–Crippen LogP) is 4.12. The highest BCUT2D eigenvalue weighted by molar-refractivity contribution is 9.10. The minimum atomic E-state index is -5.07. The van der Waals surface area contributed by atoms with Gasteiger partial charge in [-0.3, -0.25) is 9.69 Å². The molecule has 0 fully saturated rings. The van der Waals surface area contributed by atoms with E-state index in [9.17, 15) is 27.9 Å². The zero-order chi connectivity index (χ0) is 18.1. The standard InChI is InChI=1S/C15H10BrF3N2O3/c16-9-3-1-2-4-10(9)21(14(20)24)11-6-5-8(7-12(11)22)13(23)15(17,18)19/h1-7,22H,(H2,20,24). The van der Waals surface area contributed by atoms with Crippen molar-refractivity contribution >= 4 is 39.1 Å². The van der Waals surface area contributed by atoms with Crippen molar-refractivity contribution < 1.29 is 27.9 Å². The molecule has 126 valence electrons. The first-order valence-corrected chi connectivity index (χ1v) is 7.21. The minimum absolute atomic E-state index is 0.159. The summed E-state index contributed by atoms with van der Waals surface area (Å²) in [6, 6.07) is 7.96. The van der Waals surface area contributed by atoms with E-state index in [4.69, 9.17) is 5.73 Å². The number of anilines is 2. The lowest BCUT2D eigenvalue weighted by Gasteiger charge is -2.23. The Morgan fingerprint density at radius 2 is 1.71 bits per heavy atom. The number of phenolic OH excluding ortho intramolecular Hbond substituents is 1. The Labute approximate surface area is 142 Å². The molecule has 2 amide bonds. The molecule has 0 aliphatic carbocycles. The van der Waals surface area contributed by atoms with Crippen LogP contribution < -0.4 is 10.6 Å². The summed E-state index contributed by atoms with van der Waals surface area (Å²) in [7, 11) is 0. The molecule has 0 aliphatic heterocycles. The Balaban J connectivity index is 2.52. The number of para-hydroxylation sites is 1. The fraction of sp³-hybridized carbons (Fsp3) is 0.0667. The first kappa shape index (κ1) is 17.8. The van der Waals surface area contributed by atoms with Gasteiger partial charge in [-0.15, -0.1) is 0 Å². The maximum atomic E-state index is 12.4. The Morgan fingerprint density at radius 3 is 2.21 bits per heavy atom. The monoisotopic (exact) mass is 402 g/mol. The molecule has 2 aromatic carbocycles. The predicted molar refractivity (Wildman–Crippen MR) is 84.4 cm³/mol. The van der Waals surface area contributed by atoms with Crippen LogP contribution in [0.1, 0.15) is 10.4 Å². The summed E-state index contributed by atoms with van der Waals surface area (Å²) in [4.78, 5) is 23.9. The molecular formula is C15H10BrF3N2O3. The van der Waals surface area contributed by atoms with Gasteiger partial charge in [-0.25, -0.2) is 4.79 Å². The van der Waals surface area contributed by atoms with Crippen LogP contribution in [0.15, 0.2) is 46.9 Å². The number of hydrogen-bond acceptors (Lipinski definition) is 3. The number of urea groups is 1. The van der Waals surface area contributed by atoms with Crippen molar-refractivity contribution in [3.05, 3.63) is 52.5 Å². The second kappa shape index (κ2) is 6.52. The van der Waals surface area contributed by atoms with Gasteiger partial charge in [0.2, 0.25) is 0 Å². The maximum Gasteiger partial charge on any atom is 0.454 e. The number of amides is 2.